The molecule has 2 aromatic heterocycles. The van der Waals surface area contributed by atoms with Gasteiger partial charge < -0.3 is 24.7 Å². The number of aliphatic imine (C=N–C) groups is 1. The Balaban J connectivity index is 0.00000336. The minimum atomic E-state index is -0.569. The maximum Gasteiger partial charge on any atom is 0.433 e. The van der Waals surface area contributed by atoms with Crippen LogP contribution in [0.1, 0.15) is 11.1 Å². The van der Waals surface area contributed by atoms with Crippen molar-refractivity contribution < 1.29 is 14.1 Å². The Hall–Kier alpha value is -4.16. The molecule has 0 saturated carbocycles. The summed E-state index contributed by atoms with van der Waals surface area (Å²) in [7, 11) is 1.64. The molecule has 0 unspecified atom stereocenters. The maximum atomic E-state index is 10.8. The van der Waals surface area contributed by atoms with Gasteiger partial charge >= 0.3 is 5.88 Å². The molecule has 1 aliphatic rings. The van der Waals surface area contributed by atoms with E-state index in [1.807, 2.05) is 36.4 Å². The minimum Gasteiger partial charge on any atom is -0.497 e. The Bertz CT molecular complexity index is 1400. The lowest BCUT2D eigenvalue weighted by molar-refractivity contribution is -0.401. The van der Waals surface area contributed by atoms with Gasteiger partial charge in [0.05, 0.1) is 19.7 Å². The molecule has 0 bridgehead atoms. The molecule has 4 aromatic rings. The number of benzene rings is 2. The van der Waals surface area contributed by atoms with Crippen molar-refractivity contribution in [2.45, 2.75) is 6.54 Å². The summed E-state index contributed by atoms with van der Waals surface area (Å²) in [4.78, 5) is 19.3. The van der Waals surface area contributed by atoms with Crippen LogP contribution in [-0.2, 0) is 6.54 Å². The molecule has 38 heavy (non-hydrogen) atoms. The molecule has 5 rings (SSSR count). The monoisotopic (exact) mass is 555 g/mol. The van der Waals surface area contributed by atoms with E-state index in [0.29, 0.717) is 23.1 Å². The molecule has 13 heteroatoms. The molecule has 3 heterocycles. The van der Waals surface area contributed by atoms with Crippen molar-refractivity contribution in [2.75, 3.05) is 43.1 Å². The van der Waals surface area contributed by atoms with Gasteiger partial charge in [0.15, 0.2) is 10.8 Å². The number of nitro groups is 1. The summed E-state index contributed by atoms with van der Waals surface area (Å²) in [6, 6.07) is 18.7. The highest BCUT2D eigenvalue weighted by Gasteiger charge is 2.22. The van der Waals surface area contributed by atoms with Gasteiger partial charge in [-0.25, -0.2) is 0 Å². The van der Waals surface area contributed by atoms with Gasteiger partial charge in [-0.2, -0.15) is 0 Å². The van der Waals surface area contributed by atoms with Gasteiger partial charge in [-0.15, -0.1) is 22.6 Å². The van der Waals surface area contributed by atoms with E-state index in [1.165, 1.54) is 17.4 Å². The summed E-state index contributed by atoms with van der Waals surface area (Å²) in [6.07, 6.45) is 0. The van der Waals surface area contributed by atoms with Crippen molar-refractivity contribution in [3.05, 3.63) is 81.9 Å². The lowest BCUT2D eigenvalue weighted by Gasteiger charge is -2.35. The second kappa shape index (κ2) is 11.9. The van der Waals surface area contributed by atoms with Crippen molar-refractivity contribution in [1.82, 2.24) is 10.2 Å². The lowest BCUT2D eigenvalue weighted by atomic mass is 10.1. The van der Waals surface area contributed by atoms with Crippen LogP contribution in [0.5, 0.6) is 5.75 Å². The molecule has 2 N–H and O–H groups in total. The Morgan fingerprint density at radius 3 is 2.37 bits per heavy atom. The number of nitrogens with zero attached hydrogens (tertiary/aromatic N) is 6. The van der Waals surface area contributed by atoms with Crippen LogP contribution in [0.2, 0.25) is 0 Å². The summed E-state index contributed by atoms with van der Waals surface area (Å²) in [5.74, 6) is 1.35. The second-order valence-corrected chi connectivity index (χ2v) is 9.31. The number of nitrogens with two attached hydrogens (primary N) is 1. The summed E-state index contributed by atoms with van der Waals surface area (Å²) in [5.41, 5.74) is 9.29. The van der Waals surface area contributed by atoms with E-state index in [1.54, 1.807) is 13.2 Å². The number of methoxy groups -OCH3 is 1. The zero-order valence-corrected chi connectivity index (χ0v) is 22.2. The fourth-order valence-electron chi connectivity index (χ4n) is 3.98. The Morgan fingerprint density at radius 1 is 1.05 bits per heavy atom. The number of piperazine rings is 1. The molecule has 1 aliphatic heterocycles. The van der Waals surface area contributed by atoms with Gasteiger partial charge in [0.2, 0.25) is 5.13 Å². The molecular weight excluding hydrogens is 530 g/mol. The zero-order chi connectivity index (χ0) is 25.8. The predicted octanol–water partition coefficient (Wildman–Crippen LogP) is 4.37. The van der Waals surface area contributed by atoms with Gasteiger partial charge in [-0.3, -0.25) is 15.1 Å². The second-order valence-electron chi connectivity index (χ2n) is 8.36. The highest BCUT2D eigenvalue weighted by atomic mass is 35.5. The van der Waals surface area contributed by atoms with Gasteiger partial charge in [0, 0.05) is 37.4 Å². The van der Waals surface area contributed by atoms with E-state index >= 15 is 0 Å². The van der Waals surface area contributed by atoms with Crippen molar-refractivity contribution >= 4 is 46.3 Å². The van der Waals surface area contributed by atoms with Crippen LogP contribution < -0.4 is 20.3 Å². The summed E-state index contributed by atoms with van der Waals surface area (Å²) >= 11 is 1.36. The van der Waals surface area contributed by atoms with Crippen molar-refractivity contribution in [2.24, 2.45) is 10.7 Å². The first kappa shape index (κ1) is 26.9. The predicted molar refractivity (Wildman–Crippen MR) is 150 cm³/mol. The number of rotatable bonds is 8. The molecule has 0 aliphatic carbocycles. The van der Waals surface area contributed by atoms with E-state index in [-0.39, 0.29) is 18.3 Å². The Morgan fingerprint density at radius 2 is 1.74 bits per heavy atom. The first-order chi connectivity index (χ1) is 18.0. The van der Waals surface area contributed by atoms with Crippen LogP contribution in [-0.4, -0.2) is 54.2 Å². The number of ether oxygens (including phenoxy) is 1. The fourth-order valence-corrected chi connectivity index (χ4v) is 4.84. The quantitative estimate of drug-likeness (QED) is 0.145. The van der Waals surface area contributed by atoms with E-state index in [9.17, 15) is 10.1 Å². The molecule has 0 spiro atoms. The van der Waals surface area contributed by atoms with E-state index in [2.05, 4.69) is 37.1 Å². The SMILES string of the molecule is COc1ccc(CN=C(N)c2ccc(N3CCN(c4nnc(-c5ccc([N+](=O)[O-])o5)s4)CC3)cc2)cc1.Cl. The number of aromatic nitrogens is 2. The third-order valence-corrected chi connectivity index (χ3v) is 7.06. The van der Waals surface area contributed by atoms with Crippen LogP contribution in [0.25, 0.3) is 10.8 Å². The molecule has 11 nitrogen and oxygen atoms in total. The standard InChI is InChI=1S/C25H25N7O4S.ClH/c1-35-20-8-2-17(3-9-20)16-27-23(26)18-4-6-19(7-5-18)30-12-14-31(15-13-30)25-29-28-24(37-25)21-10-11-22(36-21)32(33)34;/h2-11H,12-16H2,1H3,(H2,26,27);1H. The van der Waals surface area contributed by atoms with Crippen LogP contribution >= 0.6 is 23.7 Å². The number of amidine groups is 1. The third-order valence-electron chi connectivity index (χ3n) is 6.07. The lowest BCUT2D eigenvalue weighted by Crippen LogP contribution is -2.46. The summed E-state index contributed by atoms with van der Waals surface area (Å²) < 4.78 is 10.4. The Kier molecular flexibility index (Phi) is 8.44. The molecule has 0 radical (unpaired) electrons. The number of hydrogen-bond donors (Lipinski definition) is 1. The minimum absolute atomic E-state index is 0. The third kappa shape index (κ3) is 6.03. The van der Waals surface area contributed by atoms with E-state index in [4.69, 9.17) is 14.9 Å². The summed E-state index contributed by atoms with van der Waals surface area (Å²) in [5, 5.41) is 20.5. The average Bonchev–Trinajstić information content (AvgIpc) is 3.63. The molecule has 0 amide bonds. The van der Waals surface area contributed by atoms with Crippen LogP contribution in [0.4, 0.5) is 16.7 Å². The van der Waals surface area contributed by atoms with Gasteiger partial charge in [-0.1, -0.05) is 23.5 Å². The van der Waals surface area contributed by atoms with Crippen molar-refractivity contribution in [3.8, 4) is 16.5 Å². The molecule has 2 aromatic carbocycles. The number of hydrogen-bond acceptors (Lipinski definition) is 10. The van der Waals surface area contributed by atoms with Gasteiger partial charge in [-0.05, 0) is 48.0 Å². The average molecular weight is 556 g/mol. The summed E-state index contributed by atoms with van der Waals surface area (Å²) in [6.45, 7) is 3.70. The van der Waals surface area contributed by atoms with Gasteiger partial charge in [0.1, 0.15) is 16.5 Å². The normalized spacial score (nSPS) is 13.8. The van der Waals surface area contributed by atoms with E-state index in [0.717, 1.165) is 53.9 Å². The fraction of sp³-hybridized carbons (Fsp3) is 0.240. The van der Waals surface area contributed by atoms with E-state index < -0.39 is 4.92 Å². The Labute approximate surface area is 229 Å². The zero-order valence-electron chi connectivity index (χ0n) is 20.5. The van der Waals surface area contributed by atoms with Crippen LogP contribution in [0.3, 0.4) is 0 Å². The molecular formula is C25H26ClN7O4S. The number of anilines is 2. The highest BCUT2D eigenvalue weighted by molar-refractivity contribution is 7.18. The number of furan rings is 1. The first-order valence-electron chi connectivity index (χ1n) is 11.6. The smallest absolute Gasteiger partial charge is 0.433 e. The molecule has 198 valence electrons. The molecule has 0 atom stereocenters. The van der Waals surface area contributed by atoms with Crippen LogP contribution in [0, 0.1) is 10.1 Å². The maximum absolute atomic E-state index is 10.8. The van der Waals surface area contributed by atoms with Crippen LogP contribution in [0.15, 0.2) is 70.1 Å². The highest BCUT2D eigenvalue weighted by Crippen LogP contribution is 2.32. The largest absolute Gasteiger partial charge is 0.497 e. The van der Waals surface area contributed by atoms with Crippen molar-refractivity contribution in [1.29, 1.82) is 0 Å². The molecule has 1 saturated heterocycles. The number of halogens is 1. The topological polar surface area (TPSA) is 136 Å². The molecule has 1 fully saturated rings. The first-order valence-corrected chi connectivity index (χ1v) is 12.4. The van der Waals surface area contributed by atoms with Gasteiger partial charge in [0.25, 0.3) is 0 Å². The van der Waals surface area contributed by atoms with Crippen molar-refractivity contribution in [3.63, 3.8) is 0 Å².